The monoisotopic (exact) mass is 439 g/mol. The van der Waals surface area contributed by atoms with Crippen molar-refractivity contribution in [3.05, 3.63) is 96.3 Å². The summed E-state index contributed by atoms with van der Waals surface area (Å²) >= 11 is 0. The summed E-state index contributed by atoms with van der Waals surface area (Å²) in [6.45, 7) is 5.28. The highest BCUT2D eigenvalue weighted by atomic mass is 16.5. The van der Waals surface area contributed by atoms with Crippen LogP contribution in [0.3, 0.4) is 0 Å². The molecule has 4 aromatic rings. The second-order valence-corrected chi connectivity index (χ2v) is 8.26. The molecule has 0 saturated heterocycles. The molecule has 0 aliphatic rings. The van der Waals surface area contributed by atoms with Gasteiger partial charge in [-0.3, -0.25) is 4.79 Å². The third kappa shape index (κ3) is 5.01. The van der Waals surface area contributed by atoms with Crippen LogP contribution in [0.1, 0.15) is 25.1 Å². The van der Waals surface area contributed by atoms with E-state index in [1.54, 1.807) is 38.2 Å². The zero-order chi connectivity index (χ0) is 23.4. The van der Waals surface area contributed by atoms with Crippen LogP contribution >= 0.6 is 0 Å². The third-order valence-corrected chi connectivity index (χ3v) is 5.46. The Morgan fingerprint density at radius 2 is 1.76 bits per heavy atom. The van der Waals surface area contributed by atoms with Crippen LogP contribution in [0.2, 0.25) is 0 Å². The molecule has 0 bridgehead atoms. The number of aliphatic carboxylic acids is 1. The summed E-state index contributed by atoms with van der Waals surface area (Å²) in [7, 11) is 0. The Kier molecular flexibility index (Phi) is 6.09. The molecule has 4 rings (SSSR count). The van der Waals surface area contributed by atoms with E-state index < -0.39 is 11.4 Å². The fourth-order valence-electron chi connectivity index (χ4n) is 3.35. The molecule has 0 spiro atoms. The lowest BCUT2D eigenvalue weighted by Crippen LogP contribution is -2.28. The Morgan fingerprint density at radius 3 is 2.48 bits per heavy atom. The van der Waals surface area contributed by atoms with E-state index in [0.717, 1.165) is 22.6 Å². The van der Waals surface area contributed by atoms with Gasteiger partial charge in [-0.25, -0.2) is 9.97 Å². The molecule has 0 unspecified atom stereocenters. The van der Waals surface area contributed by atoms with Crippen LogP contribution in [0.15, 0.2) is 85.1 Å². The number of aryl methyl sites for hydroxylation is 1. The summed E-state index contributed by atoms with van der Waals surface area (Å²) in [5.41, 5.74) is 3.18. The van der Waals surface area contributed by atoms with Gasteiger partial charge < -0.3 is 15.2 Å². The highest BCUT2D eigenvalue weighted by Crippen LogP contribution is 2.30. The van der Waals surface area contributed by atoms with Crippen molar-refractivity contribution in [2.24, 2.45) is 0 Å². The molecule has 2 aromatic heterocycles. The number of carboxylic acids is 1. The fraction of sp³-hybridized carbons (Fsp3) is 0.148. The van der Waals surface area contributed by atoms with Crippen molar-refractivity contribution in [3.8, 4) is 22.8 Å². The topological polar surface area (TPSA) is 84.3 Å². The number of hydrogen-bond donors (Lipinski definition) is 2. The number of nitrogens with one attached hydrogen (secondary N) is 1. The van der Waals surface area contributed by atoms with Crippen LogP contribution in [0.4, 0.5) is 11.5 Å². The Morgan fingerprint density at radius 1 is 0.970 bits per heavy atom. The maximum Gasteiger partial charge on any atom is 0.313 e. The number of hydrogen-bond acceptors (Lipinski definition) is 5. The molecule has 33 heavy (non-hydrogen) atoms. The molecule has 0 radical (unpaired) electrons. The number of rotatable bonds is 7. The normalized spacial score (nSPS) is 11.1. The zero-order valence-electron chi connectivity index (χ0n) is 18.7. The molecule has 0 saturated carbocycles. The van der Waals surface area contributed by atoms with E-state index in [2.05, 4.69) is 15.3 Å². The first-order valence-corrected chi connectivity index (χ1v) is 10.6. The van der Waals surface area contributed by atoms with Gasteiger partial charge in [0, 0.05) is 23.5 Å². The van der Waals surface area contributed by atoms with E-state index in [9.17, 15) is 9.90 Å². The average Bonchev–Trinajstić information content (AvgIpc) is 2.81. The van der Waals surface area contributed by atoms with Gasteiger partial charge in [-0.1, -0.05) is 42.5 Å². The number of pyridine rings is 2. The molecule has 6 nitrogen and oxygen atoms in total. The molecule has 166 valence electrons. The van der Waals surface area contributed by atoms with Crippen LogP contribution in [-0.2, 0) is 10.2 Å². The van der Waals surface area contributed by atoms with E-state index in [0.29, 0.717) is 22.9 Å². The fourth-order valence-corrected chi connectivity index (χ4v) is 3.35. The van der Waals surface area contributed by atoms with Gasteiger partial charge in [0.1, 0.15) is 17.3 Å². The lowest BCUT2D eigenvalue weighted by atomic mass is 9.84. The van der Waals surface area contributed by atoms with Gasteiger partial charge in [-0.15, -0.1) is 0 Å². The largest absolute Gasteiger partial charge is 0.481 e. The highest BCUT2D eigenvalue weighted by molar-refractivity contribution is 5.81. The molecular weight excluding hydrogens is 414 g/mol. The lowest BCUT2D eigenvalue weighted by Gasteiger charge is -2.20. The van der Waals surface area contributed by atoms with Crippen molar-refractivity contribution in [1.29, 1.82) is 0 Å². The maximum absolute atomic E-state index is 11.6. The van der Waals surface area contributed by atoms with Crippen molar-refractivity contribution < 1.29 is 14.6 Å². The average molecular weight is 440 g/mol. The molecule has 0 aliphatic heterocycles. The molecule has 2 N–H and O–H groups in total. The molecule has 0 fully saturated rings. The number of anilines is 2. The number of nitrogens with zero attached hydrogens (tertiary/aromatic N) is 2. The Bertz CT molecular complexity index is 1290. The number of benzene rings is 2. The minimum Gasteiger partial charge on any atom is -0.481 e. The second-order valence-electron chi connectivity index (χ2n) is 8.26. The number of carboxylic acid groups (broad SMARTS) is 1. The van der Waals surface area contributed by atoms with Crippen LogP contribution < -0.4 is 10.1 Å². The Hall–Kier alpha value is -4.19. The summed E-state index contributed by atoms with van der Waals surface area (Å²) in [6, 6.07) is 24.7. The predicted molar refractivity (Wildman–Crippen MR) is 129 cm³/mol. The highest BCUT2D eigenvalue weighted by Gasteiger charge is 2.29. The molecule has 2 heterocycles. The van der Waals surface area contributed by atoms with Crippen molar-refractivity contribution in [2.45, 2.75) is 26.2 Å². The van der Waals surface area contributed by atoms with Crippen molar-refractivity contribution in [3.63, 3.8) is 0 Å². The molecular formula is C27H25N3O3. The van der Waals surface area contributed by atoms with Gasteiger partial charge in [0.2, 0.25) is 0 Å². The first kappa shape index (κ1) is 22.0. The quantitative estimate of drug-likeness (QED) is 0.349. The smallest absolute Gasteiger partial charge is 0.313 e. The summed E-state index contributed by atoms with van der Waals surface area (Å²) in [5.74, 6) is 0.989. The summed E-state index contributed by atoms with van der Waals surface area (Å²) in [4.78, 5) is 20.6. The van der Waals surface area contributed by atoms with Gasteiger partial charge in [0.15, 0.2) is 0 Å². The number of carbonyl (C=O) groups is 1. The molecule has 2 aromatic carbocycles. The van der Waals surface area contributed by atoms with Gasteiger partial charge >= 0.3 is 5.97 Å². The van der Waals surface area contributed by atoms with Gasteiger partial charge in [-0.2, -0.15) is 0 Å². The Balaban J connectivity index is 1.52. The summed E-state index contributed by atoms with van der Waals surface area (Å²) in [6.07, 6.45) is 1.66. The Labute approximate surface area is 192 Å². The first-order chi connectivity index (χ1) is 15.8. The second kappa shape index (κ2) is 9.12. The van der Waals surface area contributed by atoms with E-state index >= 15 is 0 Å². The molecule has 0 amide bonds. The standard InChI is InChI=1S/C27H25N3O3/c1-18-24(13-12-23(29-18)19-8-5-4-6-9-19)33-22-14-15-28-25(17-22)30-21-11-7-10-20(16-21)27(2,3)26(31)32/h4-17H,1-3H3,(H,28,30)(H,31,32). The van der Waals surface area contributed by atoms with Crippen LogP contribution in [-0.4, -0.2) is 21.0 Å². The minimum absolute atomic E-state index is 0.587. The van der Waals surface area contributed by atoms with Crippen molar-refractivity contribution >= 4 is 17.5 Å². The van der Waals surface area contributed by atoms with Gasteiger partial charge in [-0.05, 0) is 56.7 Å². The first-order valence-electron chi connectivity index (χ1n) is 10.6. The lowest BCUT2D eigenvalue weighted by molar-refractivity contribution is -0.142. The van der Waals surface area contributed by atoms with Crippen LogP contribution in [0.25, 0.3) is 11.3 Å². The van der Waals surface area contributed by atoms with E-state index in [4.69, 9.17) is 4.74 Å². The van der Waals surface area contributed by atoms with Gasteiger partial charge in [0.25, 0.3) is 0 Å². The SMILES string of the molecule is Cc1nc(-c2ccccc2)ccc1Oc1ccnc(Nc2cccc(C(C)(C)C(=O)O)c2)c1. The van der Waals surface area contributed by atoms with Crippen molar-refractivity contribution in [2.75, 3.05) is 5.32 Å². The van der Waals surface area contributed by atoms with E-state index in [1.807, 2.05) is 67.6 Å². The maximum atomic E-state index is 11.6. The van der Waals surface area contributed by atoms with Crippen LogP contribution in [0, 0.1) is 6.92 Å². The molecule has 0 atom stereocenters. The van der Waals surface area contributed by atoms with Gasteiger partial charge in [0.05, 0.1) is 16.8 Å². The third-order valence-electron chi connectivity index (χ3n) is 5.46. The van der Waals surface area contributed by atoms with Crippen molar-refractivity contribution in [1.82, 2.24) is 9.97 Å². The predicted octanol–water partition coefficient (Wildman–Crippen LogP) is 6.35. The number of ether oxygens (including phenoxy) is 1. The number of aromatic nitrogens is 2. The van der Waals surface area contributed by atoms with E-state index in [-0.39, 0.29) is 0 Å². The van der Waals surface area contributed by atoms with E-state index in [1.165, 1.54) is 0 Å². The van der Waals surface area contributed by atoms with Crippen LogP contribution in [0.5, 0.6) is 11.5 Å². The summed E-state index contributed by atoms with van der Waals surface area (Å²) in [5, 5.41) is 12.7. The molecule has 6 heteroatoms. The summed E-state index contributed by atoms with van der Waals surface area (Å²) < 4.78 is 6.07. The minimum atomic E-state index is -0.994. The zero-order valence-corrected chi connectivity index (χ0v) is 18.7. The molecule has 0 aliphatic carbocycles.